The zero-order valence-corrected chi connectivity index (χ0v) is 15.7. The predicted octanol–water partition coefficient (Wildman–Crippen LogP) is 2.55. The molecule has 0 amide bonds. The molecular formula is C20H16F3N5O2. The maximum atomic E-state index is 14.7. The second kappa shape index (κ2) is 7.38. The third kappa shape index (κ3) is 3.35. The number of halogens is 3. The van der Waals surface area contributed by atoms with Crippen molar-refractivity contribution in [2.45, 2.75) is 25.1 Å². The van der Waals surface area contributed by atoms with E-state index in [2.05, 4.69) is 15.1 Å². The van der Waals surface area contributed by atoms with E-state index in [1.165, 1.54) is 30.3 Å². The highest BCUT2D eigenvalue weighted by molar-refractivity contribution is 5.77. The molecule has 0 saturated carbocycles. The Hall–Kier alpha value is -3.53. The van der Waals surface area contributed by atoms with Gasteiger partial charge in [0.1, 0.15) is 35.7 Å². The summed E-state index contributed by atoms with van der Waals surface area (Å²) in [5.41, 5.74) is -2.65. The molecule has 0 radical (unpaired) electrons. The van der Waals surface area contributed by atoms with Gasteiger partial charge in [0.25, 0.3) is 5.56 Å². The smallest absolute Gasteiger partial charge is 0.261 e. The molecule has 4 aromatic rings. The minimum absolute atomic E-state index is 0.133. The number of hydrogen-bond acceptors (Lipinski definition) is 5. The summed E-state index contributed by atoms with van der Waals surface area (Å²) >= 11 is 0. The van der Waals surface area contributed by atoms with Gasteiger partial charge >= 0.3 is 0 Å². The molecule has 2 unspecified atom stereocenters. The lowest BCUT2D eigenvalue weighted by Gasteiger charge is -2.35. The molecule has 4 rings (SSSR count). The number of rotatable bonds is 5. The highest BCUT2D eigenvalue weighted by Crippen LogP contribution is 2.36. The Morgan fingerprint density at radius 3 is 2.53 bits per heavy atom. The molecule has 2 aromatic heterocycles. The zero-order valence-electron chi connectivity index (χ0n) is 15.7. The number of nitrogens with zero attached hydrogens (tertiary/aromatic N) is 5. The van der Waals surface area contributed by atoms with Gasteiger partial charge in [0.05, 0.1) is 29.8 Å². The Balaban J connectivity index is 1.88. The SMILES string of the molecule is CC(n1cnc2cc(F)ccc2c1=O)C(O)(Cn1cncn1)c1ccc(F)cc1F. The lowest BCUT2D eigenvalue weighted by atomic mass is 9.86. The number of aromatic nitrogens is 5. The Kier molecular flexibility index (Phi) is 4.86. The second-order valence-corrected chi connectivity index (χ2v) is 6.94. The van der Waals surface area contributed by atoms with Crippen molar-refractivity contribution in [3.8, 4) is 0 Å². The largest absolute Gasteiger partial charge is 0.381 e. The third-order valence-electron chi connectivity index (χ3n) is 5.12. The van der Waals surface area contributed by atoms with Gasteiger partial charge in [-0.05, 0) is 25.1 Å². The Bertz CT molecular complexity index is 1280. The van der Waals surface area contributed by atoms with Crippen molar-refractivity contribution in [2.75, 3.05) is 0 Å². The average molecular weight is 415 g/mol. The van der Waals surface area contributed by atoms with Gasteiger partial charge in [-0.1, -0.05) is 6.07 Å². The molecule has 2 atom stereocenters. The third-order valence-corrected chi connectivity index (χ3v) is 5.12. The van der Waals surface area contributed by atoms with E-state index < -0.39 is 34.7 Å². The van der Waals surface area contributed by atoms with Crippen molar-refractivity contribution in [2.24, 2.45) is 0 Å². The van der Waals surface area contributed by atoms with Crippen LogP contribution in [0.4, 0.5) is 13.2 Å². The normalized spacial score (nSPS) is 14.6. The van der Waals surface area contributed by atoms with E-state index in [9.17, 15) is 23.1 Å². The van der Waals surface area contributed by atoms with E-state index in [4.69, 9.17) is 0 Å². The quantitative estimate of drug-likeness (QED) is 0.542. The zero-order chi connectivity index (χ0) is 21.5. The van der Waals surface area contributed by atoms with Crippen LogP contribution in [0, 0.1) is 17.5 Å². The van der Waals surface area contributed by atoms with E-state index in [1.807, 2.05) is 0 Å². The first kappa shape index (κ1) is 19.8. The van der Waals surface area contributed by atoms with Crippen LogP contribution in [0.15, 0.2) is 60.2 Å². The van der Waals surface area contributed by atoms with Gasteiger partial charge in [-0.15, -0.1) is 0 Å². The minimum Gasteiger partial charge on any atom is -0.381 e. The fourth-order valence-electron chi connectivity index (χ4n) is 3.46. The van der Waals surface area contributed by atoms with Gasteiger partial charge in [-0.3, -0.25) is 9.36 Å². The summed E-state index contributed by atoms with van der Waals surface area (Å²) in [6, 6.07) is 5.26. The molecule has 154 valence electrons. The molecule has 2 aromatic carbocycles. The fraction of sp³-hybridized carbons (Fsp3) is 0.200. The van der Waals surface area contributed by atoms with Gasteiger partial charge in [0.15, 0.2) is 0 Å². The molecule has 10 heteroatoms. The molecule has 0 aliphatic carbocycles. The summed E-state index contributed by atoms with van der Waals surface area (Å²) in [6.45, 7) is 1.22. The summed E-state index contributed by atoms with van der Waals surface area (Å²) in [4.78, 5) is 20.9. The number of benzene rings is 2. The van der Waals surface area contributed by atoms with Gasteiger partial charge < -0.3 is 5.11 Å². The highest BCUT2D eigenvalue weighted by Gasteiger charge is 2.41. The molecule has 1 N–H and O–H groups in total. The molecule has 0 spiro atoms. The number of fused-ring (bicyclic) bond motifs is 1. The summed E-state index contributed by atoms with van der Waals surface area (Å²) < 4.78 is 44.0. The summed E-state index contributed by atoms with van der Waals surface area (Å²) in [6.07, 6.45) is 3.72. The second-order valence-electron chi connectivity index (χ2n) is 6.94. The molecule has 2 heterocycles. The lowest BCUT2D eigenvalue weighted by molar-refractivity contribution is -0.0343. The van der Waals surface area contributed by atoms with Gasteiger partial charge in [-0.25, -0.2) is 27.8 Å². The summed E-state index contributed by atoms with van der Waals surface area (Å²) in [5.74, 6) is -2.33. The van der Waals surface area contributed by atoms with E-state index in [0.717, 1.165) is 35.2 Å². The van der Waals surface area contributed by atoms with E-state index in [1.54, 1.807) is 0 Å². The predicted molar refractivity (Wildman–Crippen MR) is 101 cm³/mol. The van der Waals surface area contributed by atoms with Crippen LogP contribution in [0.2, 0.25) is 0 Å². The van der Waals surface area contributed by atoms with Crippen molar-refractivity contribution >= 4 is 10.9 Å². The Labute approximate surface area is 168 Å². The Morgan fingerprint density at radius 2 is 1.83 bits per heavy atom. The van der Waals surface area contributed by atoms with Crippen molar-refractivity contribution in [3.63, 3.8) is 0 Å². The van der Waals surface area contributed by atoms with Crippen LogP contribution < -0.4 is 5.56 Å². The molecule has 0 saturated heterocycles. The first-order valence-corrected chi connectivity index (χ1v) is 8.96. The van der Waals surface area contributed by atoms with Gasteiger partial charge in [-0.2, -0.15) is 5.10 Å². The van der Waals surface area contributed by atoms with Crippen LogP contribution in [-0.4, -0.2) is 29.4 Å². The molecule has 7 nitrogen and oxygen atoms in total. The van der Waals surface area contributed by atoms with Crippen LogP contribution in [-0.2, 0) is 12.1 Å². The van der Waals surface area contributed by atoms with Gasteiger partial charge in [0, 0.05) is 17.7 Å². The van der Waals surface area contributed by atoms with Gasteiger partial charge in [0.2, 0.25) is 0 Å². The Morgan fingerprint density at radius 1 is 1.10 bits per heavy atom. The van der Waals surface area contributed by atoms with Crippen LogP contribution in [0.25, 0.3) is 10.9 Å². The standard InChI is InChI=1S/C20H16F3N5O2/c1-12(28-11-25-18-7-14(22)2-4-15(18)19(28)29)20(30,8-27-10-24-9-26-27)16-5-3-13(21)6-17(16)23/h2-7,9-12,30H,8H2,1H3. The van der Waals surface area contributed by atoms with E-state index in [0.29, 0.717) is 6.07 Å². The maximum absolute atomic E-state index is 14.7. The fourth-order valence-corrected chi connectivity index (χ4v) is 3.46. The van der Waals surface area contributed by atoms with Crippen molar-refractivity contribution in [3.05, 3.63) is 88.7 Å². The van der Waals surface area contributed by atoms with Crippen LogP contribution in [0.5, 0.6) is 0 Å². The first-order valence-electron chi connectivity index (χ1n) is 8.96. The maximum Gasteiger partial charge on any atom is 0.261 e. The van der Waals surface area contributed by atoms with Crippen molar-refractivity contribution < 1.29 is 18.3 Å². The van der Waals surface area contributed by atoms with E-state index >= 15 is 0 Å². The summed E-state index contributed by atoms with van der Waals surface area (Å²) in [7, 11) is 0. The van der Waals surface area contributed by atoms with Crippen molar-refractivity contribution in [1.29, 1.82) is 0 Å². The highest BCUT2D eigenvalue weighted by atomic mass is 19.1. The molecule has 0 fully saturated rings. The van der Waals surface area contributed by atoms with Crippen LogP contribution in [0.3, 0.4) is 0 Å². The number of aliphatic hydroxyl groups is 1. The van der Waals surface area contributed by atoms with Crippen molar-refractivity contribution in [1.82, 2.24) is 24.3 Å². The molecular weight excluding hydrogens is 399 g/mol. The number of hydrogen-bond donors (Lipinski definition) is 1. The molecule has 0 aliphatic rings. The minimum atomic E-state index is -2.02. The first-order chi connectivity index (χ1) is 14.3. The molecule has 0 bridgehead atoms. The van der Waals surface area contributed by atoms with Crippen LogP contribution in [0.1, 0.15) is 18.5 Å². The lowest BCUT2D eigenvalue weighted by Crippen LogP contribution is -2.43. The monoisotopic (exact) mass is 415 g/mol. The molecule has 0 aliphatic heterocycles. The van der Waals surface area contributed by atoms with E-state index in [-0.39, 0.29) is 23.0 Å². The topological polar surface area (TPSA) is 85.8 Å². The molecule has 30 heavy (non-hydrogen) atoms. The summed E-state index contributed by atoms with van der Waals surface area (Å²) in [5, 5.41) is 15.7. The van der Waals surface area contributed by atoms with Crippen LogP contribution >= 0.6 is 0 Å². The average Bonchev–Trinajstić information content (AvgIpc) is 3.20.